The van der Waals surface area contributed by atoms with Gasteiger partial charge in [0.1, 0.15) is 5.82 Å². The Balaban J connectivity index is 1.71. The highest BCUT2D eigenvalue weighted by Gasteiger charge is 2.17. The third-order valence-corrected chi connectivity index (χ3v) is 3.58. The molecule has 2 aromatic rings. The van der Waals surface area contributed by atoms with Crippen molar-refractivity contribution in [3.05, 3.63) is 59.3 Å². The van der Waals surface area contributed by atoms with Crippen LogP contribution < -0.4 is 5.32 Å². The molecule has 1 aliphatic rings. The molecule has 3 rings (SSSR count). The van der Waals surface area contributed by atoms with E-state index in [0.717, 1.165) is 31.7 Å². The molecule has 0 atom stereocenters. The number of benzene rings is 1. The van der Waals surface area contributed by atoms with Crippen LogP contribution in [0.3, 0.4) is 0 Å². The molecule has 0 saturated carbocycles. The number of fused-ring (bicyclic) bond motifs is 1. The van der Waals surface area contributed by atoms with Gasteiger partial charge in [0.05, 0.1) is 0 Å². The summed E-state index contributed by atoms with van der Waals surface area (Å²) in [7, 11) is 0. The molecule has 1 amide bonds. The van der Waals surface area contributed by atoms with Crippen molar-refractivity contribution in [2.24, 2.45) is 0 Å². The first-order chi connectivity index (χ1) is 9.85. The Morgan fingerprint density at radius 3 is 2.85 bits per heavy atom. The lowest BCUT2D eigenvalue weighted by atomic mass is 10.0. The van der Waals surface area contributed by atoms with Crippen LogP contribution in [0.15, 0.2) is 42.5 Å². The number of nitrogens with zero attached hydrogens (tertiary/aromatic N) is 2. The lowest BCUT2D eigenvalue weighted by molar-refractivity contribution is -0.105. The van der Waals surface area contributed by atoms with Gasteiger partial charge in [0.15, 0.2) is 0 Å². The third kappa shape index (κ3) is 2.86. The van der Waals surface area contributed by atoms with Crippen molar-refractivity contribution in [1.29, 1.82) is 0 Å². The molecule has 0 radical (unpaired) electrons. The highest BCUT2D eigenvalue weighted by molar-refractivity contribution is 5.68. The normalized spacial score (nSPS) is 14.6. The van der Waals surface area contributed by atoms with E-state index in [-0.39, 0.29) is 0 Å². The van der Waals surface area contributed by atoms with Crippen LogP contribution in [-0.2, 0) is 24.3 Å². The van der Waals surface area contributed by atoms with Crippen LogP contribution in [0, 0.1) is 0 Å². The second kappa shape index (κ2) is 5.84. The first kappa shape index (κ1) is 12.8. The van der Waals surface area contributed by atoms with E-state index in [9.17, 15) is 4.79 Å². The lowest BCUT2D eigenvalue weighted by Crippen LogP contribution is -2.30. The topological polar surface area (TPSA) is 45.2 Å². The van der Waals surface area contributed by atoms with Crippen molar-refractivity contribution < 1.29 is 4.79 Å². The fourth-order valence-corrected chi connectivity index (χ4v) is 2.59. The maximum absolute atomic E-state index is 10.4. The molecular formula is C16H17N3O. The zero-order valence-electron chi connectivity index (χ0n) is 11.2. The predicted molar refractivity (Wildman–Crippen MR) is 78.2 cm³/mol. The number of aromatic nitrogens is 1. The lowest BCUT2D eigenvalue weighted by Gasteiger charge is -2.28. The van der Waals surface area contributed by atoms with Gasteiger partial charge < -0.3 is 5.32 Å². The first-order valence-electron chi connectivity index (χ1n) is 6.80. The van der Waals surface area contributed by atoms with E-state index < -0.39 is 0 Å². The molecule has 102 valence electrons. The molecule has 4 nitrogen and oxygen atoms in total. The Labute approximate surface area is 118 Å². The summed E-state index contributed by atoms with van der Waals surface area (Å²) in [6, 6.07) is 14.4. The van der Waals surface area contributed by atoms with E-state index in [2.05, 4.69) is 45.5 Å². The molecule has 20 heavy (non-hydrogen) atoms. The quantitative estimate of drug-likeness (QED) is 0.864. The van der Waals surface area contributed by atoms with Crippen molar-refractivity contribution in [2.75, 3.05) is 11.9 Å². The number of nitrogens with one attached hydrogen (secondary N) is 1. The summed E-state index contributed by atoms with van der Waals surface area (Å²) in [5.41, 5.74) is 3.69. The molecule has 4 heteroatoms. The van der Waals surface area contributed by atoms with Crippen LogP contribution in [0.5, 0.6) is 0 Å². The van der Waals surface area contributed by atoms with Crippen molar-refractivity contribution in [3.8, 4) is 0 Å². The van der Waals surface area contributed by atoms with Gasteiger partial charge in [-0.25, -0.2) is 4.98 Å². The van der Waals surface area contributed by atoms with Crippen LogP contribution in [0.2, 0.25) is 0 Å². The van der Waals surface area contributed by atoms with Crippen LogP contribution in [-0.4, -0.2) is 22.8 Å². The maximum atomic E-state index is 10.4. The van der Waals surface area contributed by atoms with E-state index in [0.29, 0.717) is 12.2 Å². The van der Waals surface area contributed by atoms with Gasteiger partial charge in [0, 0.05) is 31.7 Å². The number of anilines is 1. The second-order valence-corrected chi connectivity index (χ2v) is 5.01. The van der Waals surface area contributed by atoms with Gasteiger partial charge in [0.25, 0.3) is 0 Å². The minimum absolute atomic E-state index is 0.634. The van der Waals surface area contributed by atoms with E-state index in [1.165, 1.54) is 11.1 Å². The van der Waals surface area contributed by atoms with Crippen LogP contribution in [0.1, 0.15) is 16.8 Å². The van der Waals surface area contributed by atoms with Crippen LogP contribution in [0.4, 0.5) is 5.82 Å². The first-order valence-corrected chi connectivity index (χ1v) is 6.80. The van der Waals surface area contributed by atoms with Gasteiger partial charge in [0.2, 0.25) is 6.41 Å². The van der Waals surface area contributed by atoms with Gasteiger partial charge in [-0.1, -0.05) is 36.4 Å². The minimum atomic E-state index is 0.634. The van der Waals surface area contributed by atoms with Gasteiger partial charge in [-0.15, -0.1) is 0 Å². The average Bonchev–Trinajstić information content (AvgIpc) is 2.49. The average molecular weight is 267 g/mol. The number of hydrogen-bond acceptors (Lipinski definition) is 3. The van der Waals surface area contributed by atoms with Gasteiger partial charge >= 0.3 is 0 Å². The van der Waals surface area contributed by atoms with Crippen LogP contribution >= 0.6 is 0 Å². The summed E-state index contributed by atoms with van der Waals surface area (Å²) < 4.78 is 0. The fourth-order valence-electron chi connectivity index (χ4n) is 2.59. The van der Waals surface area contributed by atoms with Crippen molar-refractivity contribution >= 4 is 12.2 Å². The number of carbonyl (C=O) groups excluding carboxylic acids is 1. The standard InChI is InChI=1S/C16H17N3O/c20-12-17-16-7-6-14-11-19(9-8-15(14)18-16)10-13-4-2-1-3-5-13/h1-7,12H,8-11H2,(H,17,18,20). The number of rotatable bonds is 4. The Kier molecular flexibility index (Phi) is 3.74. The van der Waals surface area contributed by atoms with E-state index >= 15 is 0 Å². The fraction of sp³-hybridized carbons (Fsp3) is 0.250. The van der Waals surface area contributed by atoms with E-state index in [1.54, 1.807) is 0 Å². The van der Waals surface area contributed by atoms with Gasteiger partial charge in [-0.05, 0) is 17.2 Å². The van der Waals surface area contributed by atoms with Crippen molar-refractivity contribution in [3.63, 3.8) is 0 Å². The molecule has 0 unspecified atom stereocenters. The van der Waals surface area contributed by atoms with Gasteiger partial charge in [-0.2, -0.15) is 0 Å². The molecule has 0 spiro atoms. The molecule has 2 heterocycles. The molecule has 1 N–H and O–H groups in total. The Morgan fingerprint density at radius 2 is 2.05 bits per heavy atom. The largest absolute Gasteiger partial charge is 0.313 e. The summed E-state index contributed by atoms with van der Waals surface area (Å²) in [6.45, 7) is 2.88. The van der Waals surface area contributed by atoms with E-state index in [4.69, 9.17) is 0 Å². The smallest absolute Gasteiger partial charge is 0.212 e. The zero-order chi connectivity index (χ0) is 13.8. The molecule has 0 aliphatic carbocycles. The zero-order valence-corrected chi connectivity index (χ0v) is 11.2. The number of pyridine rings is 1. The Hall–Kier alpha value is -2.20. The molecule has 0 saturated heterocycles. The maximum Gasteiger partial charge on any atom is 0.212 e. The Bertz CT molecular complexity index is 598. The predicted octanol–water partition coefficient (Wildman–Crippen LogP) is 2.21. The van der Waals surface area contributed by atoms with Crippen LogP contribution in [0.25, 0.3) is 0 Å². The molecule has 1 aromatic heterocycles. The molecule has 0 bridgehead atoms. The molecule has 1 aliphatic heterocycles. The highest BCUT2D eigenvalue weighted by Crippen LogP contribution is 2.20. The number of amides is 1. The summed E-state index contributed by atoms with van der Waals surface area (Å²) >= 11 is 0. The summed E-state index contributed by atoms with van der Waals surface area (Å²) in [6.07, 6.45) is 1.59. The summed E-state index contributed by atoms with van der Waals surface area (Å²) in [5.74, 6) is 0.634. The van der Waals surface area contributed by atoms with E-state index in [1.807, 2.05) is 12.1 Å². The number of hydrogen-bond donors (Lipinski definition) is 1. The summed E-state index contributed by atoms with van der Waals surface area (Å²) in [5, 5.41) is 2.60. The second-order valence-electron chi connectivity index (χ2n) is 5.01. The number of carbonyl (C=O) groups is 1. The highest BCUT2D eigenvalue weighted by atomic mass is 16.1. The van der Waals surface area contributed by atoms with Crippen molar-refractivity contribution in [2.45, 2.75) is 19.5 Å². The Morgan fingerprint density at radius 1 is 1.20 bits per heavy atom. The molecule has 1 aromatic carbocycles. The monoisotopic (exact) mass is 267 g/mol. The minimum Gasteiger partial charge on any atom is -0.313 e. The molecular weight excluding hydrogens is 250 g/mol. The SMILES string of the molecule is O=CNc1ccc2c(n1)CCN(Cc1ccccc1)C2. The van der Waals surface area contributed by atoms with Gasteiger partial charge in [-0.3, -0.25) is 9.69 Å². The summed E-state index contributed by atoms with van der Waals surface area (Å²) in [4.78, 5) is 17.3. The van der Waals surface area contributed by atoms with Crippen molar-refractivity contribution in [1.82, 2.24) is 9.88 Å². The molecule has 0 fully saturated rings. The third-order valence-electron chi connectivity index (χ3n) is 3.58.